The second-order valence-electron chi connectivity index (χ2n) is 5.07. The minimum Gasteiger partial charge on any atom is -0.466 e. The lowest BCUT2D eigenvalue weighted by atomic mass is 9.88. The summed E-state index contributed by atoms with van der Waals surface area (Å²) in [4.78, 5) is 11.8. The van der Waals surface area contributed by atoms with Crippen molar-refractivity contribution < 1.29 is 9.53 Å². The summed E-state index contributed by atoms with van der Waals surface area (Å²) in [5.41, 5.74) is 2.85. The largest absolute Gasteiger partial charge is 0.466 e. The Kier molecular flexibility index (Phi) is 4.28. The normalized spacial score (nSPS) is 12.3. The monoisotopic (exact) mass is 271 g/mol. The third-order valence-electron chi connectivity index (χ3n) is 3.75. The molecule has 0 aliphatic carbocycles. The number of aromatic nitrogens is 1. The van der Waals surface area contributed by atoms with Gasteiger partial charge in [-0.25, -0.2) is 4.79 Å². The first-order chi connectivity index (χ1) is 9.60. The number of para-hydroxylation sites is 1. The topological polar surface area (TPSA) is 31.2 Å². The molecule has 20 heavy (non-hydrogen) atoms. The lowest BCUT2D eigenvalue weighted by Crippen LogP contribution is -2.12. The van der Waals surface area contributed by atoms with Crippen molar-refractivity contribution in [1.29, 1.82) is 0 Å². The second-order valence-corrected chi connectivity index (χ2v) is 5.07. The van der Waals surface area contributed by atoms with Crippen LogP contribution in [-0.2, 0) is 16.6 Å². The fraction of sp³-hybridized carbons (Fsp3) is 0.353. The van der Waals surface area contributed by atoms with E-state index in [4.69, 9.17) is 4.74 Å². The van der Waals surface area contributed by atoms with Crippen molar-refractivity contribution in [1.82, 2.24) is 4.57 Å². The Labute approximate surface area is 119 Å². The summed E-state index contributed by atoms with van der Waals surface area (Å²) in [6.07, 6.45) is 3.98. The standard InChI is InChI=1S/C17H21NO2/c1-5-8-13(12(2)17(19)20-4)15-11-18(3)16-10-7-6-9-14(15)16/h6-7,9-11,13H,2,5,8H2,1,3-4H3. The summed E-state index contributed by atoms with van der Waals surface area (Å²) in [6, 6.07) is 8.23. The average molecular weight is 271 g/mol. The molecule has 0 aliphatic heterocycles. The number of carbonyl (C=O) groups is 1. The van der Waals surface area contributed by atoms with E-state index in [2.05, 4.69) is 36.4 Å². The number of fused-ring (bicyclic) bond motifs is 1. The van der Waals surface area contributed by atoms with Gasteiger partial charge in [-0.2, -0.15) is 0 Å². The Hall–Kier alpha value is -2.03. The minimum absolute atomic E-state index is 0.0125. The molecule has 1 aromatic carbocycles. The quantitative estimate of drug-likeness (QED) is 0.612. The number of methoxy groups -OCH3 is 1. The predicted molar refractivity (Wildman–Crippen MR) is 81.7 cm³/mol. The summed E-state index contributed by atoms with van der Waals surface area (Å²) in [6.45, 7) is 6.07. The van der Waals surface area contributed by atoms with Gasteiger partial charge in [-0.05, 0) is 18.1 Å². The molecule has 0 bridgehead atoms. The third kappa shape index (κ3) is 2.48. The molecule has 3 heteroatoms. The SMILES string of the molecule is C=C(C(=O)OC)C(CCC)c1cn(C)c2ccccc12. The Morgan fingerprint density at radius 2 is 2.10 bits per heavy atom. The van der Waals surface area contributed by atoms with E-state index < -0.39 is 0 Å². The molecular formula is C17H21NO2. The van der Waals surface area contributed by atoms with Gasteiger partial charge in [0, 0.05) is 35.6 Å². The van der Waals surface area contributed by atoms with Gasteiger partial charge in [-0.3, -0.25) is 0 Å². The molecule has 0 aliphatic rings. The van der Waals surface area contributed by atoms with E-state index in [1.807, 2.05) is 19.2 Å². The second kappa shape index (κ2) is 5.95. The molecule has 1 atom stereocenters. The molecule has 1 unspecified atom stereocenters. The lowest BCUT2D eigenvalue weighted by molar-refractivity contribution is -0.136. The molecule has 0 saturated heterocycles. The maximum Gasteiger partial charge on any atom is 0.333 e. The Morgan fingerprint density at radius 3 is 2.75 bits per heavy atom. The van der Waals surface area contributed by atoms with E-state index >= 15 is 0 Å². The zero-order valence-corrected chi connectivity index (χ0v) is 12.3. The van der Waals surface area contributed by atoms with Gasteiger partial charge in [0.1, 0.15) is 0 Å². The van der Waals surface area contributed by atoms with Crippen LogP contribution in [0.5, 0.6) is 0 Å². The van der Waals surface area contributed by atoms with Crippen molar-refractivity contribution in [2.45, 2.75) is 25.7 Å². The Morgan fingerprint density at radius 1 is 1.40 bits per heavy atom. The van der Waals surface area contributed by atoms with E-state index in [0.29, 0.717) is 5.57 Å². The maximum atomic E-state index is 11.8. The smallest absolute Gasteiger partial charge is 0.333 e. The number of benzene rings is 1. The first-order valence-corrected chi connectivity index (χ1v) is 6.91. The highest BCUT2D eigenvalue weighted by Gasteiger charge is 2.23. The van der Waals surface area contributed by atoms with E-state index in [-0.39, 0.29) is 11.9 Å². The van der Waals surface area contributed by atoms with Crippen molar-refractivity contribution in [3.8, 4) is 0 Å². The Balaban J connectivity index is 2.52. The molecule has 0 fully saturated rings. The molecule has 1 aromatic heterocycles. The molecule has 0 radical (unpaired) electrons. The number of hydrogen-bond acceptors (Lipinski definition) is 2. The van der Waals surface area contributed by atoms with Crippen molar-refractivity contribution in [3.63, 3.8) is 0 Å². The van der Waals surface area contributed by atoms with Crippen LogP contribution in [0.3, 0.4) is 0 Å². The van der Waals surface area contributed by atoms with Gasteiger partial charge in [0.2, 0.25) is 0 Å². The number of nitrogens with zero attached hydrogens (tertiary/aromatic N) is 1. The fourth-order valence-electron chi connectivity index (χ4n) is 2.73. The van der Waals surface area contributed by atoms with Gasteiger partial charge >= 0.3 is 5.97 Å². The number of aryl methyl sites for hydroxylation is 1. The average Bonchev–Trinajstić information content (AvgIpc) is 2.81. The van der Waals surface area contributed by atoms with Gasteiger partial charge in [0.05, 0.1) is 7.11 Å². The van der Waals surface area contributed by atoms with Gasteiger partial charge in [-0.1, -0.05) is 38.1 Å². The van der Waals surface area contributed by atoms with E-state index in [9.17, 15) is 4.79 Å². The van der Waals surface area contributed by atoms with E-state index in [1.54, 1.807) is 0 Å². The van der Waals surface area contributed by atoms with Gasteiger partial charge in [0.15, 0.2) is 0 Å². The molecule has 0 amide bonds. The van der Waals surface area contributed by atoms with Crippen LogP contribution in [0, 0.1) is 0 Å². The van der Waals surface area contributed by atoms with Crippen LogP contribution in [0.15, 0.2) is 42.6 Å². The van der Waals surface area contributed by atoms with Crippen LogP contribution in [-0.4, -0.2) is 17.6 Å². The number of hydrogen-bond donors (Lipinski definition) is 0. The maximum absolute atomic E-state index is 11.8. The van der Waals surface area contributed by atoms with Crippen molar-refractivity contribution in [3.05, 3.63) is 48.2 Å². The van der Waals surface area contributed by atoms with Gasteiger partial charge in [0.25, 0.3) is 0 Å². The van der Waals surface area contributed by atoms with Crippen molar-refractivity contribution >= 4 is 16.9 Å². The highest BCUT2D eigenvalue weighted by molar-refractivity contribution is 5.92. The summed E-state index contributed by atoms with van der Waals surface area (Å²) < 4.78 is 6.93. The van der Waals surface area contributed by atoms with Gasteiger partial charge in [-0.15, -0.1) is 0 Å². The van der Waals surface area contributed by atoms with E-state index in [0.717, 1.165) is 18.4 Å². The summed E-state index contributed by atoms with van der Waals surface area (Å²) in [5.74, 6) is -0.310. The van der Waals surface area contributed by atoms with Crippen LogP contribution in [0.2, 0.25) is 0 Å². The highest BCUT2D eigenvalue weighted by atomic mass is 16.5. The molecule has 106 valence electrons. The van der Waals surface area contributed by atoms with Crippen LogP contribution in [0.4, 0.5) is 0 Å². The fourth-order valence-corrected chi connectivity index (χ4v) is 2.73. The molecular weight excluding hydrogens is 250 g/mol. The molecule has 0 N–H and O–H groups in total. The molecule has 1 heterocycles. The molecule has 2 rings (SSSR count). The van der Waals surface area contributed by atoms with Crippen molar-refractivity contribution in [2.75, 3.05) is 7.11 Å². The summed E-state index contributed by atoms with van der Waals surface area (Å²) in [5, 5.41) is 1.18. The number of rotatable bonds is 5. The van der Waals surface area contributed by atoms with Crippen molar-refractivity contribution in [2.24, 2.45) is 7.05 Å². The molecule has 0 saturated carbocycles. The predicted octanol–water partition coefficient (Wildman–Crippen LogP) is 3.79. The van der Waals surface area contributed by atoms with Crippen LogP contribution >= 0.6 is 0 Å². The van der Waals surface area contributed by atoms with Crippen LogP contribution in [0.25, 0.3) is 10.9 Å². The lowest BCUT2D eigenvalue weighted by Gasteiger charge is -2.17. The molecule has 3 nitrogen and oxygen atoms in total. The minimum atomic E-state index is -0.323. The first-order valence-electron chi connectivity index (χ1n) is 6.91. The highest BCUT2D eigenvalue weighted by Crippen LogP contribution is 2.34. The first kappa shape index (κ1) is 14.4. The zero-order valence-electron chi connectivity index (χ0n) is 12.3. The molecule has 0 spiro atoms. The Bertz CT molecular complexity index is 639. The number of carbonyl (C=O) groups excluding carboxylic acids is 1. The zero-order chi connectivity index (χ0) is 14.7. The number of ether oxygens (including phenoxy) is 1. The summed E-state index contributed by atoms with van der Waals surface area (Å²) >= 11 is 0. The van der Waals surface area contributed by atoms with Gasteiger partial charge < -0.3 is 9.30 Å². The van der Waals surface area contributed by atoms with Crippen LogP contribution < -0.4 is 0 Å². The van der Waals surface area contributed by atoms with E-state index in [1.165, 1.54) is 18.0 Å². The number of esters is 1. The summed E-state index contributed by atoms with van der Waals surface area (Å²) in [7, 11) is 3.43. The third-order valence-corrected chi connectivity index (χ3v) is 3.75. The van der Waals surface area contributed by atoms with Crippen LogP contribution in [0.1, 0.15) is 31.2 Å². The molecule has 2 aromatic rings.